The highest BCUT2D eigenvalue weighted by Crippen LogP contribution is 2.50. The molecule has 4 aromatic rings. The minimum Gasteiger partial charge on any atom is -0.306 e. The van der Waals surface area contributed by atoms with Gasteiger partial charge in [0.1, 0.15) is 0 Å². The number of benzene rings is 3. The Morgan fingerprint density at radius 1 is 0.949 bits per heavy atom. The predicted molar refractivity (Wildman–Crippen MR) is 162 cm³/mol. The van der Waals surface area contributed by atoms with Crippen molar-refractivity contribution in [1.82, 2.24) is 9.97 Å². The topological polar surface area (TPSA) is 66.1 Å². The summed E-state index contributed by atoms with van der Waals surface area (Å²) in [7, 11) is 0. The molecule has 1 aromatic heterocycles. The zero-order chi connectivity index (χ0) is 27.6. The normalized spacial score (nSPS) is 18.0. The van der Waals surface area contributed by atoms with Crippen LogP contribution in [-0.2, 0) is 16.0 Å². The van der Waals surface area contributed by atoms with E-state index in [0.717, 1.165) is 22.6 Å². The van der Waals surface area contributed by atoms with Gasteiger partial charge in [-0.05, 0) is 56.5 Å². The van der Waals surface area contributed by atoms with Gasteiger partial charge in [-0.15, -0.1) is 11.8 Å². The molecule has 1 aliphatic rings. The lowest BCUT2D eigenvalue weighted by Crippen LogP contribution is -2.56. The number of aromatic amines is 1. The Hall–Kier alpha value is -3.29. The van der Waals surface area contributed by atoms with Gasteiger partial charge in [0.15, 0.2) is 5.16 Å². The van der Waals surface area contributed by atoms with Crippen molar-refractivity contribution in [3.8, 4) is 0 Å². The monoisotopic (exact) mass is 555 g/mol. The summed E-state index contributed by atoms with van der Waals surface area (Å²) in [6.45, 7) is 8.60. The number of carbonyl (C=O) groups excluding carboxylic acids is 1. The Balaban J connectivity index is 1.35. The molecule has 0 saturated heterocycles. The first-order chi connectivity index (χ1) is 18.7. The second-order valence-corrected chi connectivity index (χ2v) is 12.9. The van der Waals surface area contributed by atoms with E-state index in [2.05, 4.69) is 92.3 Å². The molecular formula is C32H33N3O2S2. The molecule has 0 spiro atoms. The van der Waals surface area contributed by atoms with E-state index in [1.807, 2.05) is 29.2 Å². The maximum absolute atomic E-state index is 13.8. The molecule has 5 rings (SSSR count). The average Bonchev–Trinajstić information content (AvgIpc) is 2.91. The van der Waals surface area contributed by atoms with Crippen LogP contribution in [0.4, 0.5) is 5.69 Å². The maximum atomic E-state index is 13.8. The minimum absolute atomic E-state index is 0.00496. The Morgan fingerprint density at radius 2 is 1.64 bits per heavy atom. The highest BCUT2D eigenvalue weighted by molar-refractivity contribution is 7.99. The number of para-hydroxylation sites is 1. The summed E-state index contributed by atoms with van der Waals surface area (Å²) in [5.41, 5.74) is 4.40. The second-order valence-electron chi connectivity index (χ2n) is 10.9. The molecule has 0 aliphatic carbocycles. The van der Waals surface area contributed by atoms with Gasteiger partial charge in [0, 0.05) is 33.4 Å². The van der Waals surface area contributed by atoms with E-state index in [-0.39, 0.29) is 22.6 Å². The van der Waals surface area contributed by atoms with Gasteiger partial charge >= 0.3 is 0 Å². The van der Waals surface area contributed by atoms with Gasteiger partial charge in [-0.3, -0.25) is 9.59 Å². The Morgan fingerprint density at radius 3 is 2.38 bits per heavy atom. The van der Waals surface area contributed by atoms with Crippen molar-refractivity contribution in [1.29, 1.82) is 0 Å². The zero-order valence-corrected chi connectivity index (χ0v) is 24.4. The minimum atomic E-state index is -0.413. The summed E-state index contributed by atoms with van der Waals surface area (Å²) in [4.78, 5) is 36.7. The molecule has 0 unspecified atom stereocenters. The molecular weight excluding hydrogens is 523 g/mol. The number of thioether (sulfide) groups is 2. The van der Waals surface area contributed by atoms with Crippen LogP contribution in [0.25, 0.3) is 0 Å². The molecule has 2 heterocycles. The number of hydrogen-bond acceptors (Lipinski definition) is 5. The summed E-state index contributed by atoms with van der Waals surface area (Å²) >= 11 is 2.92. The van der Waals surface area contributed by atoms with Crippen LogP contribution in [0.2, 0.25) is 0 Å². The molecule has 1 atom stereocenters. The molecule has 7 heteroatoms. The van der Waals surface area contributed by atoms with E-state index in [1.165, 1.54) is 29.0 Å². The van der Waals surface area contributed by atoms with Crippen LogP contribution in [0.3, 0.4) is 0 Å². The number of nitrogens with zero attached hydrogens (tertiary/aromatic N) is 2. The smallest absolute Gasteiger partial charge is 0.251 e. The first kappa shape index (κ1) is 27.3. The summed E-state index contributed by atoms with van der Waals surface area (Å²) in [5.74, 6) is 0.755. The van der Waals surface area contributed by atoms with Crippen LogP contribution in [0.1, 0.15) is 49.6 Å². The molecule has 0 saturated carbocycles. The quantitative estimate of drug-likeness (QED) is 0.197. The first-order valence-electron chi connectivity index (χ1n) is 13.1. The molecule has 1 N–H and O–H groups in total. The number of amides is 1. The molecule has 0 fully saturated rings. The van der Waals surface area contributed by atoms with E-state index < -0.39 is 5.54 Å². The van der Waals surface area contributed by atoms with Crippen LogP contribution in [0.5, 0.6) is 0 Å². The Labute approximate surface area is 238 Å². The van der Waals surface area contributed by atoms with Gasteiger partial charge in [-0.2, -0.15) is 0 Å². The first-order valence-corrected chi connectivity index (χ1v) is 15.0. The summed E-state index contributed by atoms with van der Waals surface area (Å²) < 4.78 is 0. The number of nitrogens with one attached hydrogen (secondary N) is 1. The van der Waals surface area contributed by atoms with Crippen LogP contribution in [0, 0.1) is 6.92 Å². The third-order valence-electron chi connectivity index (χ3n) is 7.30. The third kappa shape index (κ3) is 5.85. The number of aryl methyl sites for hydroxylation is 1. The van der Waals surface area contributed by atoms with Gasteiger partial charge in [0.25, 0.3) is 5.56 Å². The lowest BCUT2D eigenvalue weighted by atomic mass is 9.65. The second kappa shape index (κ2) is 11.1. The van der Waals surface area contributed by atoms with Crippen molar-refractivity contribution in [3.63, 3.8) is 0 Å². The number of H-pyrrole nitrogens is 1. The number of aromatic nitrogens is 2. The fourth-order valence-corrected chi connectivity index (χ4v) is 7.18. The molecule has 39 heavy (non-hydrogen) atoms. The number of anilines is 1. The molecule has 1 amide bonds. The highest BCUT2D eigenvalue weighted by Gasteiger charge is 2.47. The number of hydrogen-bond donors (Lipinski definition) is 1. The van der Waals surface area contributed by atoms with E-state index in [0.29, 0.717) is 16.6 Å². The molecule has 0 bridgehead atoms. The van der Waals surface area contributed by atoms with Crippen LogP contribution < -0.4 is 10.5 Å². The highest BCUT2D eigenvalue weighted by atomic mass is 32.2. The molecule has 1 aliphatic heterocycles. The molecule has 5 nitrogen and oxygen atoms in total. The van der Waals surface area contributed by atoms with E-state index in [9.17, 15) is 9.59 Å². The summed E-state index contributed by atoms with van der Waals surface area (Å²) in [6.07, 6.45) is 0.790. The van der Waals surface area contributed by atoms with Crippen molar-refractivity contribution >= 4 is 35.1 Å². The van der Waals surface area contributed by atoms with Gasteiger partial charge in [0.2, 0.25) is 5.91 Å². The SMILES string of the molecule is Cc1ccc(SCc2cc(=O)[nH]c(SCC(=O)N3c4ccccc4[C@](C)(c4ccccc4)CC3(C)C)n2)cc1. The number of fused-ring (bicyclic) bond motifs is 1. The van der Waals surface area contributed by atoms with Crippen molar-refractivity contribution in [2.45, 2.75) is 60.9 Å². The lowest BCUT2D eigenvalue weighted by Gasteiger charge is -2.51. The Kier molecular flexibility index (Phi) is 7.74. The Bertz CT molecular complexity index is 1530. The molecule has 0 radical (unpaired) electrons. The number of carbonyl (C=O) groups is 1. The van der Waals surface area contributed by atoms with E-state index >= 15 is 0 Å². The third-order valence-corrected chi connectivity index (χ3v) is 9.21. The largest absolute Gasteiger partial charge is 0.306 e. The summed E-state index contributed by atoms with van der Waals surface area (Å²) in [5, 5.41) is 0.465. The van der Waals surface area contributed by atoms with E-state index in [1.54, 1.807) is 11.8 Å². The van der Waals surface area contributed by atoms with Crippen molar-refractivity contribution < 1.29 is 4.79 Å². The van der Waals surface area contributed by atoms with Gasteiger partial charge < -0.3 is 9.88 Å². The van der Waals surface area contributed by atoms with Crippen LogP contribution >= 0.6 is 23.5 Å². The van der Waals surface area contributed by atoms with Crippen LogP contribution in [-0.4, -0.2) is 27.2 Å². The van der Waals surface area contributed by atoms with E-state index in [4.69, 9.17) is 0 Å². The lowest BCUT2D eigenvalue weighted by molar-refractivity contribution is -0.117. The molecule has 200 valence electrons. The zero-order valence-electron chi connectivity index (χ0n) is 22.7. The fraction of sp³-hybridized carbons (Fsp3) is 0.281. The van der Waals surface area contributed by atoms with Gasteiger partial charge in [0.05, 0.1) is 11.4 Å². The fourth-order valence-electron chi connectivity index (χ4n) is 5.65. The van der Waals surface area contributed by atoms with Crippen LogP contribution in [0.15, 0.2) is 99.8 Å². The maximum Gasteiger partial charge on any atom is 0.251 e. The van der Waals surface area contributed by atoms with Crippen molar-refractivity contribution in [3.05, 3.63) is 118 Å². The van der Waals surface area contributed by atoms with Crippen molar-refractivity contribution in [2.24, 2.45) is 0 Å². The summed E-state index contributed by atoms with van der Waals surface area (Å²) in [6, 6.07) is 28.6. The number of rotatable bonds is 7. The van der Waals surface area contributed by atoms with Gasteiger partial charge in [-0.25, -0.2) is 4.98 Å². The molecule has 3 aromatic carbocycles. The van der Waals surface area contributed by atoms with Crippen molar-refractivity contribution in [2.75, 3.05) is 10.7 Å². The average molecular weight is 556 g/mol. The van der Waals surface area contributed by atoms with Gasteiger partial charge in [-0.1, -0.05) is 84.9 Å². The predicted octanol–water partition coefficient (Wildman–Crippen LogP) is 6.98. The standard InChI is InChI=1S/C32H33N3O2S2/c1-22-14-16-25(17-15-22)38-19-24-18-28(36)34-30(33-24)39-20-29(37)35-27-13-9-8-12-26(27)32(4,21-31(35,2)3)23-10-6-5-7-11-23/h5-18H,19-21H2,1-4H3,(H,33,34,36)/t32-/m0/s1.